The molecule has 0 unspecified atom stereocenters. The molecule has 64 valence electrons. The Balaban J connectivity index is 3.43. The van der Waals surface area contributed by atoms with Crippen LogP contribution in [0.4, 0.5) is 11.4 Å². The summed E-state index contributed by atoms with van der Waals surface area (Å²) in [6.07, 6.45) is 0. The van der Waals surface area contributed by atoms with E-state index in [-0.39, 0.29) is 11.4 Å². The SMILES string of the molecule is Cc1ccc(N)c([N+](=O)[O-])c1Br. The van der Waals surface area contributed by atoms with E-state index in [4.69, 9.17) is 5.73 Å². The number of hydrogen-bond donors (Lipinski definition) is 1. The Labute approximate surface area is 77.7 Å². The predicted octanol–water partition coefficient (Wildman–Crippen LogP) is 2.25. The van der Waals surface area contributed by atoms with Gasteiger partial charge >= 0.3 is 5.69 Å². The van der Waals surface area contributed by atoms with Crippen LogP contribution in [0.2, 0.25) is 0 Å². The minimum atomic E-state index is -0.494. The molecule has 0 aliphatic carbocycles. The van der Waals surface area contributed by atoms with Crippen molar-refractivity contribution in [2.45, 2.75) is 6.92 Å². The van der Waals surface area contributed by atoms with Gasteiger partial charge in [0.05, 0.1) is 4.92 Å². The molecular weight excluding hydrogens is 224 g/mol. The van der Waals surface area contributed by atoms with Gasteiger partial charge in [-0.3, -0.25) is 10.1 Å². The van der Waals surface area contributed by atoms with Crippen molar-refractivity contribution in [3.05, 3.63) is 32.3 Å². The van der Waals surface area contributed by atoms with Crippen LogP contribution in [0.1, 0.15) is 5.56 Å². The van der Waals surface area contributed by atoms with Crippen LogP contribution in [-0.4, -0.2) is 4.92 Å². The predicted molar refractivity (Wildman–Crippen MR) is 49.9 cm³/mol. The molecule has 0 heterocycles. The molecule has 0 aromatic heterocycles. The van der Waals surface area contributed by atoms with E-state index in [0.29, 0.717) is 4.47 Å². The minimum Gasteiger partial charge on any atom is -0.393 e. The number of aryl methyl sites for hydroxylation is 1. The zero-order chi connectivity index (χ0) is 9.30. The van der Waals surface area contributed by atoms with Gasteiger partial charge in [-0.15, -0.1) is 0 Å². The van der Waals surface area contributed by atoms with Crippen molar-refractivity contribution in [1.82, 2.24) is 0 Å². The van der Waals surface area contributed by atoms with Gasteiger partial charge in [-0.05, 0) is 34.5 Å². The van der Waals surface area contributed by atoms with Crippen molar-refractivity contribution in [2.75, 3.05) is 5.73 Å². The quantitative estimate of drug-likeness (QED) is 0.457. The minimum absolute atomic E-state index is 0.0602. The van der Waals surface area contributed by atoms with E-state index in [9.17, 15) is 10.1 Å². The van der Waals surface area contributed by atoms with E-state index in [1.807, 2.05) is 0 Å². The van der Waals surface area contributed by atoms with Crippen LogP contribution in [0.25, 0.3) is 0 Å². The molecule has 0 radical (unpaired) electrons. The molecule has 1 rings (SSSR count). The second kappa shape index (κ2) is 3.10. The Morgan fingerprint density at radius 3 is 2.58 bits per heavy atom. The number of anilines is 1. The van der Waals surface area contributed by atoms with E-state index in [2.05, 4.69) is 15.9 Å². The molecule has 0 fully saturated rings. The first kappa shape index (κ1) is 8.99. The number of halogens is 1. The number of nitrogens with two attached hydrogens (primary N) is 1. The van der Waals surface area contributed by atoms with Gasteiger partial charge in [0.2, 0.25) is 0 Å². The standard InChI is InChI=1S/C7H7BrN2O2/c1-4-2-3-5(9)7(6(4)8)10(11)12/h2-3H,9H2,1H3. The third kappa shape index (κ3) is 1.40. The lowest BCUT2D eigenvalue weighted by molar-refractivity contribution is -0.384. The Hall–Kier alpha value is -1.10. The van der Waals surface area contributed by atoms with Crippen molar-refractivity contribution in [1.29, 1.82) is 0 Å². The summed E-state index contributed by atoms with van der Waals surface area (Å²) in [7, 11) is 0. The number of benzene rings is 1. The average molecular weight is 231 g/mol. The van der Waals surface area contributed by atoms with Crippen molar-refractivity contribution in [3.63, 3.8) is 0 Å². The molecule has 12 heavy (non-hydrogen) atoms. The summed E-state index contributed by atoms with van der Waals surface area (Å²) in [6, 6.07) is 3.25. The third-order valence-corrected chi connectivity index (χ3v) is 2.52. The van der Waals surface area contributed by atoms with E-state index in [1.165, 1.54) is 6.07 Å². The highest BCUT2D eigenvalue weighted by Crippen LogP contribution is 2.33. The molecule has 0 amide bonds. The van der Waals surface area contributed by atoms with E-state index < -0.39 is 4.92 Å². The molecule has 0 saturated heterocycles. The topological polar surface area (TPSA) is 69.2 Å². The average Bonchev–Trinajstić information content (AvgIpc) is 1.97. The Morgan fingerprint density at radius 1 is 1.58 bits per heavy atom. The number of nitro benzene ring substituents is 1. The molecule has 0 aliphatic rings. The maximum atomic E-state index is 10.5. The van der Waals surface area contributed by atoms with Crippen molar-refractivity contribution in [3.8, 4) is 0 Å². The molecule has 2 N–H and O–H groups in total. The largest absolute Gasteiger partial charge is 0.393 e. The number of rotatable bonds is 1. The highest BCUT2D eigenvalue weighted by atomic mass is 79.9. The number of nitro groups is 1. The fraction of sp³-hybridized carbons (Fsp3) is 0.143. The highest BCUT2D eigenvalue weighted by Gasteiger charge is 2.17. The zero-order valence-corrected chi connectivity index (χ0v) is 7.96. The number of hydrogen-bond acceptors (Lipinski definition) is 3. The molecule has 0 atom stereocenters. The van der Waals surface area contributed by atoms with Crippen molar-refractivity contribution in [2.24, 2.45) is 0 Å². The molecular formula is C7H7BrN2O2. The Bertz CT molecular complexity index is 338. The monoisotopic (exact) mass is 230 g/mol. The zero-order valence-electron chi connectivity index (χ0n) is 6.37. The van der Waals surface area contributed by atoms with Gasteiger partial charge in [0.1, 0.15) is 10.2 Å². The van der Waals surface area contributed by atoms with Crippen LogP contribution in [0.5, 0.6) is 0 Å². The molecule has 1 aromatic carbocycles. The second-order valence-corrected chi connectivity index (χ2v) is 3.18. The van der Waals surface area contributed by atoms with E-state index in [0.717, 1.165) is 5.56 Å². The van der Waals surface area contributed by atoms with E-state index >= 15 is 0 Å². The fourth-order valence-corrected chi connectivity index (χ4v) is 1.37. The summed E-state index contributed by atoms with van der Waals surface area (Å²) in [4.78, 5) is 10.00. The normalized spacial score (nSPS) is 9.83. The van der Waals surface area contributed by atoms with Gasteiger partial charge in [-0.2, -0.15) is 0 Å². The van der Waals surface area contributed by atoms with Crippen LogP contribution in [0.3, 0.4) is 0 Å². The van der Waals surface area contributed by atoms with Gasteiger partial charge in [0, 0.05) is 0 Å². The first-order valence-electron chi connectivity index (χ1n) is 3.23. The number of nitrogen functional groups attached to an aromatic ring is 1. The summed E-state index contributed by atoms with van der Waals surface area (Å²) in [5.74, 6) is 0. The first-order chi connectivity index (χ1) is 5.54. The summed E-state index contributed by atoms with van der Waals surface area (Å²) >= 11 is 3.11. The molecule has 4 nitrogen and oxygen atoms in total. The van der Waals surface area contributed by atoms with Gasteiger partial charge in [-0.1, -0.05) is 6.07 Å². The van der Waals surface area contributed by atoms with Gasteiger partial charge in [0.25, 0.3) is 0 Å². The summed E-state index contributed by atoms with van der Waals surface area (Å²) < 4.78 is 0.451. The molecule has 0 saturated carbocycles. The highest BCUT2D eigenvalue weighted by molar-refractivity contribution is 9.10. The Morgan fingerprint density at radius 2 is 2.17 bits per heavy atom. The lowest BCUT2D eigenvalue weighted by atomic mass is 10.2. The maximum Gasteiger partial charge on any atom is 0.306 e. The fourth-order valence-electron chi connectivity index (χ4n) is 0.866. The van der Waals surface area contributed by atoms with Crippen LogP contribution in [0, 0.1) is 17.0 Å². The summed E-state index contributed by atoms with van der Waals surface area (Å²) in [5.41, 5.74) is 6.34. The summed E-state index contributed by atoms with van der Waals surface area (Å²) in [6.45, 7) is 1.77. The van der Waals surface area contributed by atoms with Crippen molar-refractivity contribution >= 4 is 27.3 Å². The summed E-state index contributed by atoms with van der Waals surface area (Å²) in [5, 5.41) is 10.5. The molecule has 5 heteroatoms. The molecule has 0 bridgehead atoms. The molecule has 1 aromatic rings. The van der Waals surface area contributed by atoms with Crippen LogP contribution in [-0.2, 0) is 0 Å². The van der Waals surface area contributed by atoms with Crippen LogP contribution in [0.15, 0.2) is 16.6 Å². The van der Waals surface area contributed by atoms with Crippen LogP contribution < -0.4 is 5.73 Å². The third-order valence-electron chi connectivity index (χ3n) is 1.52. The molecule has 0 spiro atoms. The molecule has 0 aliphatic heterocycles. The van der Waals surface area contributed by atoms with Gasteiger partial charge in [-0.25, -0.2) is 0 Å². The number of nitrogens with zero attached hydrogens (tertiary/aromatic N) is 1. The van der Waals surface area contributed by atoms with Crippen molar-refractivity contribution < 1.29 is 4.92 Å². The van der Waals surface area contributed by atoms with Crippen LogP contribution >= 0.6 is 15.9 Å². The lowest BCUT2D eigenvalue weighted by Gasteiger charge is -2.01. The second-order valence-electron chi connectivity index (χ2n) is 2.39. The smallest absolute Gasteiger partial charge is 0.306 e. The maximum absolute atomic E-state index is 10.5. The lowest BCUT2D eigenvalue weighted by Crippen LogP contribution is -1.97. The first-order valence-corrected chi connectivity index (χ1v) is 4.02. The van der Waals surface area contributed by atoms with E-state index in [1.54, 1.807) is 13.0 Å². The Kier molecular flexibility index (Phi) is 2.32. The van der Waals surface area contributed by atoms with Gasteiger partial charge < -0.3 is 5.73 Å². The van der Waals surface area contributed by atoms with Gasteiger partial charge in [0.15, 0.2) is 0 Å².